The molecule has 1 aliphatic heterocycles. The molecule has 0 spiro atoms. The van der Waals surface area contributed by atoms with E-state index in [0.717, 1.165) is 0 Å². The zero-order valence-electron chi connectivity index (χ0n) is 10.3. The summed E-state index contributed by atoms with van der Waals surface area (Å²) >= 11 is 0. The number of hydrogen-bond acceptors (Lipinski definition) is 3. The molecule has 2 fully saturated rings. The predicted octanol–water partition coefficient (Wildman–Crippen LogP) is 0.733. The molecule has 2 rings (SSSR count). The van der Waals surface area contributed by atoms with Gasteiger partial charge in [-0.05, 0) is 26.7 Å². The minimum absolute atomic E-state index is 0.00745. The molecule has 1 saturated carbocycles. The molecule has 4 unspecified atom stereocenters. The van der Waals surface area contributed by atoms with Crippen molar-refractivity contribution in [2.75, 3.05) is 13.2 Å². The van der Waals surface area contributed by atoms with Gasteiger partial charge >= 0.3 is 5.97 Å². The van der Waals surface area contributed by atoms with Crippen LogP contribution in [0.5, 0.6) is 0 Å². The van der Waals surface area contributed by atoms with E-state index in [4.69, 9.17) is 9.84 Å². The van der Waals surface area contributed by atoms with Gasteiger partial charge in [0, 0.05) is 0 Å². The lowest BCUT2D eigenvalue weighted by molar-refractivity contribution is -0.163. The Morgan fingerprint density at radius 1 is 1.12 bits per heavy atom. The number of carbonyl (C=O) groups excluding carboxylic acids is 1. The fourth-order valence-corrected chi connectivity index (χ4v) is 2.72. The number of carbonyl (C=O) groups is 2. The summed E-state index contributed by atoms with van der Waals surface area (Å²) in [5, 5.41) is 8.99. The molecule has 4 atom stereocenters. The van der Waals surface area contributed by atoms with E-state index in [1.165, 1.54) is 0 Å². The van der Waals surface area contributed by atoms with Crippen LogP contribution in [0.4, 0.5) is 0 Å². The highest BCUT2D eigenvalue weighted by Gasteiger charge is 2.45. The summed E-state index contributed by atoms with van der Waals surface area (Å²) in [6.07, 6.45) is 1.32. The molecule has 0 aromatic carbocycles. The standard InChI is InChI=1S/C12H19NO4/c1-7-5-17-6-8(2)13(7)11(14)9-3-4-10(9)12(15)16/h7-10H,3-6H2,1-2H3,(H,15,16). The molecule has 2 aliphatic rings. The number of aliphatic carboxylic acids is 1. The van der Waals surface area contributed by atoms with Crippen LogP contribution in [0, 0.1) is 11.8 Å². The van der Waals surface area contributed by atoms with E-state index in [2.05, 4.69) is 0 Å². The van der Waals surface area contributed by atoms with Crippen LogP contribution in [0.2, 0.25) is 0 Å². The van der Waals surface area contributed by atoms with E-state index in [1.807, 2.05) is 18.7 Å². The molecule has 1 aliphatic carbocycles. The number of hydrogen-bond donors (Lipinski definition) is 1. The predicted molar refractivity (Wildman–Crippen MR) is 60.4 cm³/mol. The average Bonchev–Trinajstić information content (AvgIpc) is 2.14. The zero-order chi connectivity index (χ0) is 12.6. The van der Waals surface area contributed by atoms with Crippen LogP contribution in [0.25, 0.3) is 0 Å². The number of ether oxygens (including phenoxy) is 1. The Balaban J connectivity index is 2.06. The van der Waals surface area contributed by atoms with Gasteiger partial charge in [0.25, 0.3) is 0 Å². The molecule has 1 saturated heterocycles. The second-order valence-electron chi connectivity index (χ2n) is 5.11. The highest BCUT2D eigenvalue weighted by atomic mass is 16.5. The molecule has 0 bridgehead atoms. The van der Waals surface area contributed by atoms with Crippen LogP contribution in [0.15, 0.2) is 0 Å². The minimum atomic E-state index is -0.844. The lowest BCUT2D eigenvalue weighted by atomic mass is 9.72. The summed E-state index contributed by atoms with van der Waals surface area (Å²) in [5.41, 5.74) is 0. The smallest absolute Gasteiger partial charge is 0.307 e. The molecule has 0 aromatic heterocycles. The van der Waals surface area contributed by atoms with E-state index in [-0.39, 0.29) is 23.9 Å². The number of nitrogens with zero attached hydrogens (tertiary/aromatic N) is 1. The fraction of sp³-hybridized carbons (Fsp3) is 0.833. The highest BCUT2D eigenvalue weighted by molar-refractivity contribution is 5.86. The number of morpholine rings is 1. The largest absolute Gasteiger partial charge is 0.481 e. The van der Waals surface area contributed by atoms with Crippen LogP contribution in [-0.2, 0) is 14.3 Å². The average molecular weight is 241 g/mol. The van der Waals surface area contributed by atoms with Gasteiger partial charge < -0.3 is 14.7 Å². The van der Waals surface area contributed by atoms with Gasteiger partial charge in [0.05, 0.1) is 37.1 Å². The summed E-state index contributed by atoms with van der Waals surface area (Å²) in [6.45, 7) is 4.98. The quantitative estimate of drug-likeness (QED) is 0.774. The van der Waals surface area contributed by atoms with E-state index in [1.54, 1.807) is 0 Å². The first-order valence-electron chi connectivity index (χ1n) is 6.15. The van der Waals surface area contributed by atoms with Crippen LogP contribution in [0.1, 0.15) is 26.7 Å². The Morgan fingerprint density at radius 3 is 2.06 bits per heavy atom. The normalized spacial score (nSPS) is 37.4. The topological polar surface area (TPSA) is 66.8 Å². The SMILES string of the molecule is CC1COCC(C)N1C(=O)C1CCC1C(=O)O. The number of amides is 1. The first-order chi connectivity index (χ1) is 8.02. The van der Waals surface area contributed by atoms with Crippen molar-refractivity contribution in [1.29, 1.82) is 0 Å². The summed E-state index contributed by atoms with van der Waals surface area (Å²) in [4.78, 5) is 25.1. The Labute approximate surface area is 101 Å². The molecule has 1 heterocycles. The summed E-state index contributed by atoms with van der Waals surface area (Å²) in [6, 6.07) is 0.0857. The Morgan fingerprint density at radius 2 is 1.65 bits per heavy atom. The van der Waals surface area contributed by atoms with E-state index < -0.39 is 11.9 Å². The molecule has 96 valence electrons. The first-order valence-corrected chi connectivity index (χ1v) is 6.15. The zero-order valence-corrected chi connectivity index (χ0v) is 10.3. The second kappa shape index (κ2) is 4.64. The third-order valence-corrected chi connectivity index (χ3v) is 3.83. The molecule has 1 N–H and O–H groups in total. The Hall–Kier alpha value is -1.10. The van der Waals surface area contributed by atoms with Crippen molar-refractivity contribution in [3.63, 3.8) is 0 Å². The minimum Gasteiger partial charge on any atom is -0.481 e. The van der Waals surface area contributed by atoms with E-state index >= 15 is 0 Å². The number of carboxylic acids is 1. The molecule has 5 heteroatoms. The maximum Gasteiger partial charge on any atom is 0.307 e. The van der Waals surface area contributed by atoms with Gasteiger partial charge in [0.15, 0.2) is 0 Å². The highest BCUT2D eigenvalue weighted by Crippen LogP contribution is 2.37. The molecule has 0 aromatic rings. The van der Waals surface area contributed by atoms with Crippen molar-refractivity contribution in [2.24, 2.45) is 11.8 Å². The number of rotatable bonds is 2. The summed E-state index contributed by atoms with van der Waals surface area (Å²) in [7, 11) is 0. The molecule has 5 nitrogen and oxygen atoms in total. The van der Waals surface area contributed by atoms with Gasteiger partial charge in [-0.2, -0.15) is 0 Å². The van der Waals surface area contributed by atoms with Crippen molar-refractivity contribution in [3.8, 4) is 0 Å². The number of carboxylic acid groups (broad SMARTS) is 1. The van der Waals surface area contributed by atoms with E-state index in [0.29, 0.717) is 26.1 Å². The van der Waals surface area contributed by atoms with Crippen molar-refractivity contribution >= 4 is 11.9 Å². The lowest BCUT2D eigenvalue weighted by Crippen LogP contribution is -2.57. The Bertz CT molecular complexity index is 320. The third-order valence-electron chi connectivity index (χ3n) is 3.83. The monoisotopic (exact) mass is 241 g/mol. The van der Waals surface area contributed by atoms with Gasteiger partial charge in [0.1, 0.15) is 0 Å². The fourth-order valence-electron chi connectivity index (χ4n) is 2.72. The van der Waals surface area contributed by atoms with Gasteiger partial charge in [0.2, 0.25) is 5.91 Å². The van der Waals surface area contributed by atoms with Gasteiger partial charge in [-0.1, -0.05) is 0 Å². The molecular weight excluding hydrogens is 222 g/mol. The lowest BCUT2D eigenvalue weighted by Gasteiger charge is -2.44. The van der Waals surface area contributed by atoms with Crippen molar-refractivity contribution in [2.45, 2.75) is 38.8 Å². The molecular formula is C12H19NO4. The van der Waals surface area contributed by atoms with Crippen molar-refractivity contribution in [3.05, 3.63) is 0 Å². The van der Waals surface area contributed by atoms with Crippen molar-refractivity contribution < 1.29 is 19.4 Å². The van der Waals surface area contributed by atoms with Crippen LogP contribution in [0.3, 0.4) is 0 Å². The van der Waals surface area contributed by atoms with Crippen molar-refractivity contribution in [1.82, 2.24) is 4.90 Å². The Kier molecular flexibility index (Phi) is 3.38. The first kappa shape index (κ1) is 12.4. The maximum absolute atomic E-state index is 12.3. The molecule has 17 heavy (non-hydrogen) atoms. The second-order valence-corrected chi connectivity index (χ2v) is 5.11. The van der Waals surface area contributed by atoms with Crippen LogP contribution in [-0.4, -0.2) is 47.2 Å². The third kappa shape index (κ3) is 2.16. The maximum atomic E-state index is 12.3. The van der Waals surface area contributed by atoms with Gasteiger partial charge in [-0.15, -0.1) is 0 Å². The summed E-state index contributed by atoms with van der Waals surface area (Å²) < 4.78 is 5.37. The van der Waals surface area contributed by atoms with Gasteiger partial charge in [-0.3, -0.25) is 9.59 Å². The summed E-state index contributed by atoms with van der Waals surface area (Å²) in [5.74, 6) is -1.66. The molecule has 1 amide bonds. The van der Waals surface area contributed by atoms with Crippen LogP contribution >= 0.6 is 0 Å². The molecule has 0 radical (unpaired) electrons. The van der Waals surface area contributed by atoms with Crippen LogP contribution < -0.4 is 0 Å². The van der Waals surface area contributed by atoms with Gasteiger partial charge in [-0.25, -0.2) is 0 Å². The van der Waals surface area contributed by atoms with E-state index in [9.17, 15) is 9.59 Å².